The number of pyridine rings is 1. The van der Waals surface area contributed by atoms with E-state index in [-0.39, 0.29) is 0 Å². The van der Waals surface area contributed by atoms with E-state index < -0.39 is 34.7 Å². The summed E-state index contributed by atoms with van der Waals surface area (Å²) in [6.07, 6.45) is -3.28. The van der Waals surface area contributed by atoms with Crippen molar-refractivity contribution < 1.29 is 22.4 Å². The maximum atomic E-state index is 12.7. The van der Waals surface area contributed by atoms with Gasteiger partial charge in [-0.15, -0.1) is 0 Å². The van der Waals surface area contributed by atoms with Gasteiger partial charge in [-0.1, -0.05) is 0 Å². The molecule has 1 aromatic rings. The highest BCUT2D eigenvalue weighted by atomic mass is 35.5. The van der Waals surface area contributed by atoms with Crippen molar-refractivity contribution in [3.05, 3.63) is 29.1 Å². The van der Waals surface area contributed by atoms with E-state index in [0.29, 0.717) is 6.07 Å². The summed E-state index contributed by atoms with van der Waals surface area (Å²) in [6, 6.07) is 0.361. The third-order valence-electron chi connectivity index (χ3n) is 1.41. The lowest BCUT2D eigenvalue weighted by Gasteiger charge is -2.05. The summed E-state index contributed by atoms with van der Waals surface area (Å²) in [5.74, 6) is -3.11. The predicted octanol–water partition coefficient (Wildman–Crippen LogP) is 2.68. The third kappa shape index (κ3) is 2.01. The van der Waals surface area contributed by atoms with Gasteiger partial charge >= 0.3 is 0 Å². The van der Waals surface area contributed by atoms with E-state index >= 15 is 0 Å². The summed E-state index contributed by atoms with van der Waals surface area (Å²) in [6.45, 7) is 0. The Kier molecular flexibility index (Phi) is 3.05. The average molecular weight is 228 g/mol. The number of hydrogen-bond donors (Lipinski definition) is 0. The lowest BCUT2D eigenvalue weighted by molar-refractivity contribution is 0.106. The van der Waals surface area contributed by atoms with Crippen LogP contribution in [0.5, 0.6) is 0 Å². The number of carbonyl (C=O) groups is 1. The number of halogens is 5. The number of nitrogens with zero attached hydrogens (tertiary/aromatic N) is 1. The molecule has 0 saturated heterocycles. The molecule has 1 heterocycles. The summed E-state index contributed by atoms with van der Waals surface area (Å²) in [5, 5.41) is -1.36. The molecule has 1 rings (SSSR count). The summed E-state index contributed by atoms with van der Waals surface area (Å²) in [4.78, 5) is 13.1. The van der Waals surface area contributed by atoms with Gasteiger partial charge in [0.25, 0.3) is 11.7 Å². The van der Waals surface area contributed by atoms with Crippen molar-refractivity contribution in [1.29, 1.82) is 0 Å². The van der Waals surface area contributed by atoms with E-state index in [1.165, 1.54) is 0 Å². The summed E-state index contributed by atoms with van der Waals surface area (Å²) >= 11 is 4.86. The highest BCUT2D eigenvalue weighted by molar-refractivity contribution is 6.67. The average Bonchev–Trinajstić information content (AvgIpc) is 2.01. The molecule has 0 aromatic carbocycles. The second kappa shape index (κ2) is 3.91. The molecule has 7 heteroatoms. The van der Waals surface area contributed by atoms with E-state index in [0.717, 1.165) is 0 Å². The Bertz CT molecular complexity index is 382. The van der Waals surface area contributed by atoms with E-state index in [1.807, 2.05) is 0 Å². The molecule has 0 N–H and O–H groups in total. The first-order valence-corrected chi connectivity index (χ1v) is 3.65. The zero-order valence-electron chi connectivity index (χ0n) is 6.40. The Hall–Kier alpha value is -1.17. The van der Waals surface area contributed by atoms with Crippen LogP contribution in [-0.2, 0) is 0 Å². The van der Waals surface area contributed by atoms with Gasteiger partial charge in [-0.05, 0) is 11.6 Å². The van der Waals surface area contributed by atoms with Crippen LogP contribution in [-0.4, -0.2) is 10.2 Å². The third-order valence-corrected chi connectivity index (χ3v) is 1.61. The van der Waals surface area contributed by atoms with E-state index in [1.54, 1.807) is 0 Å². The molecule has 14 heavy (non-hydrogen) atoms. The highest BCUT2D eigenvalue weighted by Crippen LogP contribution is 2.26. The van der Waals surface area contributed by atoms with Gasteiger partial charge in [0.1, 0.15) is 0 Å². The van der Waals surface area contributed by atoms with Gasteiger partial charge in [0.2, 0.25) is 11.9 Å². The van der Waals surface area contributed by atoms with Gasteiger partial charge in [0, 0.05) is 6.07 Å². The second-order valence-corrected chi connectivity index (χ2v) is 2.61. The van der Waals surface area contributed by atoms with Crippen LogP contribution >= 0.6 is 11.6 Å². The fraction of sp³-hybridized carbons (Fsp3) is 0.143. The summed E-state index contributed by atoms with van der Waals surface area (Å²) in [5.41, 5.74) is -2.20. The van der Waals surface area contributed by atoms with E-state index in [9.17, 15) is 22.4 Å². The molecule has 0 radical (unpaired) electrons. The first-order chi connectivity index (χ1) is 6.43. The normalized spacial score (nSPS) is 10.7. The minimum absolute atomic E-state index is 0.361. The Balaban J connectivity index is 3.44. The molecular weight excluding hydrogens is 226 g/mol. The van der Waals surface area contributed by atoms with E-state index in [4.69, 9.17) is 11.6 Å². The van der Waals surface area contributed by atoms with Crippen molar-refractivity contribution >= 4 is 16.8 Å². The van der Waals surface area contributed by atoms with Crippen LogP contribution in [0.2, 0.25) is 0 Å². The van der Waals surface area contributed by atoms with Gasteiger partial charge in [-0.25, -0.2) is 8.78 Å². The monoisotopic (exact) mass is 227 g/mol. The maximum Gasteiger partial charge on any atom is 0.269 e. The highest BCUT2D eigenvalue weighted by Gasteiger charge is 2.24. The molecule has 0 bridgehead atoms. The molecular formula is C7H2ClF4NO. The van der Waals surface area contributed by atoms with Crippen LogP contribution in [0, 0.1) is 11.9 Å². The Morgan fingerprint density at radius 1 is 1.43 bits per heavy atom. The lowest BCUT2D eigenvalue weighted by Crippen LogP contribution is -2.06. The van der Waals surface area contributed by atoms with Crippen LogP contribution in [0.1, 0.15) is 22.3 Å². The topological polar surface area (TPSA) is 30.0 Å². The Labute approximate surface area is 80.5 Å². The predicted molar refractivity (Wildman–Crippen MR) is 39.3 cm³/mol. The van der Waals surface area contributed by atoms with Gasteiger partial charge in [0.15, 0.2) is 0 Å². The molecule has 0 amide bonds. The summed E-state index contributed by atoms with van der Waals surface area (Å²) < 4.78 is 49.4. The van der Waals surface area contributed by atoms with Crippen LogP contribution < -0.4 is 0 Å². The maximum absolute atomic E-state index is 12.7. The molecule has 0 fully saturated rings. The minimum atomic E-state index is -3.28. The quantitative estimate of drug-likeness (QED) is 0.442. The van der Waals surface area contributed by atoms with Crippen molar-refractivity contribution in [3.63, 3.8) is 0 Å². The van der Waals surface area contributed by atoms with Crippen molar-refractivity contribution in [2.24, 2.45) is 0 Å². The molecule has 0 unspecified atom stereocenters. The zero-order valence-corrected chi connectivity index (χ0v) is 7.16. The smallest absolute Gasteiger partial charge is 0.269 e. The number of alkyl halides is 2. The Morgan fingerprint density at radius 3 is 2.43 bits per heavy atom. The lowest BCUT2D eigenvalue weighted by atomic mass is 10.1. The number of carbonyl (C=O) groups excluding carboxylic acids is 1. The van der Waals surface area contributed by atoms with Crippen LogP contribution in [0.15, 0.2) is 6.07 Å². The van der Waals surface area contributed by atoms with Crippen molar-refractivity contribution in [2.75, 3.05) is 0 Å². The molecule has 2 nitrogen and oxygen atoms in total. The molecule has 0 saturated carbocycles. The second-order valence-electron chi connectivity index (χ2n) is 2.27. The van der Waals surface area contributed by atoms with Crippen LogP contribution in [0.4, 0.5) is 17.6 Å². The number of aromatic nitrogens is 1. The molecule has 0 aliphatic heterocycles. The van der Waals surface area contributed by atoms with Crippen LogP contribution in [0.3, 0.4) is 0 Å². The first-order valence-electron chi connectivity index (χ1n) is 3.27. The molecule has 76 valence electrons. The number of rotatable bonds is 2. The SMILES string of the molecule is O=C(Cl)c1cc(F)nc(F)c1C(F)F. The minimum Gasteiger partial charge on any atom is -0.276 e. The van der Waals surface area contributed by atoms with Crippen molar-refractivity contribution in [3.8, 4) is 0 Å². The molecule has 0 atom stereocenters. The largest absolute Gasteiger partial charge is 0.276 e. The fourth-order valence-electron chi connectivity index (χ4n) is 0.864. The first kappa shape index (κ1) is 10.9. The fourth-order valence-corrected chi connectivity index (χ4v) is 1.02. The van der Waals surface area contributed by atoms with Crippen LogP contribution in [0.25, 0.3) is 0 Å². The van der Waals surface area contributed by atoms with Gasteiger partial charge < -0.3 is 0 Å². The van der Waals surface area contributed by atoms with Crippen molar-refractivity contribution in [1.82, 2.24) is 4.98 Å². The van der Waals surface area contributed by atoms with E-state index in [2.05, 4.69) is 4.98 Å². The molecule has 0 spiro atoms. The number of hydrogen-bond acceptors (Lipinski definition) is 2. The zero-order chi connectivity index (χ0) is 10.9. The van der Waals surface area contributed by atoms with Crippen molar-refractivity contribution in [2.45, 2.75) is 6.43 Å². The summed E-state index contributed by atoms with van der Waals surface area (Å²) in [7, 11) is 0. The van der Waals surface area contributed by atoms with Gasteiger partial charge in [0.05, 0.1) is 11.1 Å². The van der Waals surface area contributed by atoms with Gasteiger partial charge in [-0.3, -0.25) is 4.79 Å². The molecule has 1 aromatic heterocycles. The van der Waals surface area contributed by atoms with Gasteiger partial charge in [-0.2, -0.15) is 13.8 Å². The Morgan fingerprint density at radius 2 is 2.00 bits per heavy atom. The molecule has 0 aliphatic rings. The standard InChI is InChI=1S/C7H2ClF4NO/c8-5(14)2-1-3(9)13-7(12)4(2)6(10)11/h1,6H. The molecule has 0 aliphatic carbocycles.